The summed E-state index contributed by atoms with van der Waals surface area (Å²) in [6.07, 6.45) is 4.21. The normalized spacial score (nSPS) is 18.2. The highest BCUT2D eigenvalue weighted by Gasteiger charge is 2.37. The molecule has 0 bridgehead atoms. The molecule has 0 spiro atoms. The van der Waals surface area contributed by atoms with Crippen LogP contribution in [0.25, 0.3) is 0 Å². The third kappa shape index (κ3) is 1.80. The topological polar surface area (TPSA) is 26.0 Å². The van der Waals surface area contributed by atoms with Crippen LogP contribution >= 0.6 is 15.9 Å². The molecule has 1 aromatic rings. The average molecular weight is 286 g/mol. The second-order valence-electron chi connectivity index (χ2n) is 4.62. The van der Waals surface area contributed by atoms with Crippen molar-refractivity contribution in [3.8, 4) is 0 Å². The first-order valence-electron chi connectivity index (χ1n) is 5.81. The summed E-state index contributed by atoms with van der Waals surface area (Å²) in [5.41, 5.74) is 7.96. The fourth-order valence-electron chi connectivity index (χ4n) is 2.42. The fraction of sp³-hybridized carbons (Fsp3) is 0.538. The van der Waals surface area contributed by atoms with Gasteiger partial charge in [0.05, 0.1) is 4.47 Å². The summed E-state index contributed by atoms with van der Waals surface area (Å²) in [6.45, 7) is 2.64. The van der Waals surface area contributed by atoms with Gasteiger partial charge in [-0.3, -0.25) is 0 Å². The first kappa shape index (κ1) is 12.1. The van der Waals surface area contributed by atoms with Crippen molar-refractivity contribution in [1.82, 2.24) is 0 Å². The molecule has 1 aromatic carbocycles. The van der Waals surface area contributed by atoms with Gasteiger partial charge in [-0.05, 0) is 52.4 Å². The summed E-state index contributed by atoms with van der Waals surface area (Å²) in [7, 11) is 0. The van der Waals surface area contributed by atoms with E-state index in [-0.39, 0.29) is 11.2 Å². The molecule has 1 fully saturated rings. The standard InChI is InChI=1S/C13H17BrFN/c1-2-9-6-10(7-11(14)12(9)15)13(8-16)4-3-5-13/h6-7H,2-5,8,16H2,1H3. The summed E-state index contributed by atoms with van der Waals surface area (Å²) >= 11 is 3.30. The minimum Gasteiger partial charge on any atom is -0.330 e. The molecule has 0 heterocycles. The molecule has 1 saturated carbocycles. The number of halogens is 2. The molecule has 0 aliphatic heterocycles. The zero-order valence-corrected chi connectivity index (χ0v) is 11.1. The maximum Gasteiger partial charge on any atom is 0.140 e. The average Bonchev–Trinajstić information content (AvgIpc) is 2.22. The highest BCUT2D eigenvalue weighted by molar-refractivity contribution is 9.10. The van der Waals surface area contributed by atoms with E-state index in [1.807, 2.05) is 19.1 Å². The predicted octanol–water partition coefficient (Wildman–Crippen LogP) is 3.53. The van der Waals surface area contributed by atoms with Gasteiger partial charge in [-0.2, -0.15) is 0 Å². The van der Waals surface area contributed by atoms with Gasteiger partial charge in [-0.25, -0.2) is 4.39 Å². The smallest absolute Gasteiger partial charge is 0.140 e. The number of aryl methyl sites for hydroxylation is 1. The van der Waals surface area contributed by atoms with E-state index in [9.17, 15) is 4.39 Å². The van der Waals surface area contributed by atoms with Gasteiger partial charge in [0.2, 0.25) is 0 Å². The number of rotatable bonds is 3. The number of hydrogen-bond donors (Lipinski definition) is 1. The molecule has 0 aromatic heterocycles. The second-order valence-corrected chi connectivity index (χ2v) is 5.48. The minimum atomic E-state index is -0.127. The van der Waals surface area contributed by atoms with Crippen molar-refractivity contribution in [3.63, 3.8) is 0 Å². The lowest BCUT2D eigenvalue weighted by Gasteiger charge is -2.42. The molecular weight excluding hydrogens is 269 g/mol. The van der Waals surface area contributed by atoms with Crippen LogP contribution in [0.1, 0.15) is 37.3 Å². The lowest BCUT2D eigenvalue weighted by Crippen LogP contribution is -2.41. The highest BCUT2D eigenvalue weighted by atomic mass is 79.9. The summed E-state index contributed by atoms with van der Waals surface area (Å²) in [5.74, 6) is -0.127. The van der Waals surface area contributed by atoms with Crippen LogP contribution in [-0.2, 0) is 11.8 Å². The minimum absolute atomic E-state index is 0.111. The monoisotopic (exact) mass is 285 g/mol. The zero-order chi connectivity index (χ0) is 11.8. The van der Waals surface area contributed by atoms with E-state index in [0.717, 1.165) is 24.8 Å². The van der Waals surface area contributed by atoms with E-state index < -0.39 is 0 Å². The third-order valence-corrected chi connectivity index (χ3v) is 4.38. The van der Waals surface area contributed by atoms with Crippen molar-refractivity contribution in [2.45, 2.75) is 38.0 Å². The molecule has 0 unspecified atom stereocenters. The molecule has 0 radical (unpaired) electrons. The van der Waals surface area contributed by atoms with Crippen LogP contribution < -0.4 is 5.73 Å². The van der Waals surface area contributed by atoms with Crippen LogP contribution in [-0.4, -0.2) is 6.54 Å². The van der Waals surface area contributed by atoms with Crippen LogP contribution in [0, 0.1) is 5.82 Å². The van der Waals surface area contributed by atoms with Gasteiger partial charge in [0.1, 0.15) is 5.82 Å². The second kappa shape index (κ2) is 4.46. The predicted molar refractivity (Wildman–Crippen MR) is 68.1 cm³/mol. The van der Waals surface area contributed by atoms with Crippen molar-refractivity contribution >= 4 is 15.9 Å². The Morgan fingerprint density at radius 1 is 1.44 bits per heavy atom. The largest absolute Gasteiger partial charge is 0.330 e. The molecule has 2 rings (SSSR count). The Morgan fingerprint density at radius 2 is 2.12 bits per heavy atom. The lowest BCUT2D eigenvalue weighted by atomic mass is 9.64. The quantitative estimate of drug-likeness (QED) is 0.903. The Labute approximate surface area is 104 Å². The first-order valence-corrected chi connectivity index (χ1v) is 6.61. The fourth-order valence-corrected chi connectivity index (χ4v) is 2.92. The van der Waals surface area contributed by atoms with Crippen LogP contribution in [0.5, 0.6) is 0 Å². The Morgan fingerprint density at radius 3 is 2.56 bits per heavy atom. The molecule has 1 aliphatic rings. The van der Waals surface area contributed by atoms with Crippen molar-refractivity contribution in [1.29, 1.82) is 0 Å². The Kier molecular flexibility index (Phi) is 3.36. The molecule has 88 valence electrons. The van der Waals surface area contributed by atoms with E-state index in [1.165, 1.54) is 12.0 Å². The van der Waals surface area contributed by atoms with Crippen LogP contribution in [0.4, 0.5) is 4.39 Å². The van der Waals surface area contributed by atoms with Gasteiger partial charge in [0, 0.05) is 12.0 Å². The van der Waals surface area contributed by atoms with Gasteiger partial charge in [0.25, 0.3) is 0 Å². The third-order valence-electron chi connectivity index (χ3n) is 3.80. The van der Waals surface area contributed by atoms with E-state index in [0.29, 0.717) is 11.0 Å². The van der Waals surface area contributed by atoms with Crippen molar-refractivity contribution in [3.05, 3.63) is 33.5 Å². The number of benzene rings is 1. The van der Waals surface area contributed by atoms with Crippen LogP contribution in [0.15, 0.2) is 16.6 Å². The van der Waals surface area contributed by atoms with E-state index in [4.69, 9.17) is 5.73 Å². The van der Waals surface area contributed by atoms with E-state index >= 15 is 0 Å². The van der Waals surface area contributed by atoms with Gasteiger partial charge in [0.15, 0.2) is 0 Å². The van der Waals surface area contributed by atoms with Gasteiger partial charge < -0.3 is 5.73 Å². The lowest BCUT2D eigenvalue weighted by molar-refractivity contribution is 0.252. The number of hydrogen-bond acceptors (Lipinski definition) is 1. The van der Waals surface area contributed by atoms with Gasteiger partial charge >= 0.3 is 0 Å². The molecule has 0 atom stereocenters. The Balaban J connectivity index is 2.45. The molecule has 0 saturated heterocycles. The highest BCUT2D eigenvalue weighted by Crippen LogP contribution is 2.44. The summed E-state index contributed by atoms with van der Waals surface area (Å²) < 4.78 is 14.3. The SMILES string of the molecule is CCc1cc(C2(CN)CCC2)cc(Br)c1F. The Hall–Kier alpha value is -0.410. The van der Waals surface area contributed by atoms with E-state index in [2.05, 4.69) is 15.9 Å². The van der Waals surface area contributed by atoms with Crippen molar-refractivity contribution < 1.29 is 4.39 Å². The Bertz CT molecular complexity index is 394. The summed E-state index contributed by atoms with van der Waals surface area (Å²) in [4.78, 5) is 0. The summed E-state index contributed by atoms with van der Waals surface area (Å²) in [5, 5.41) is 0. The summed E-state index contributed by atoms with van der Waals surface area (Å²) in [6, 6.07) is 3.90. The van der Waals surface area contributed by atoms with Gasteiger partial charge in [-0.15, -0.1) is 0 Å². The molecule has 3 heteroatoms. The van der Waals surface area contributed by atoms with E-state index in [1.54, 1.807) is 0 Å². The molecule has 0 amide bonds. The maximum absolute atomic E-state index is 13.7. The van der Waals surface area contributed by atoms with Crippen molar-refractivity contribution in [2.24, 2.45) is 5.73 Å². The van der Waals surface area contributed by atoms with Gasteiger partial charge in [-0.1, -0.05) is 19.4 Å². The van der Waals surface area contributed by atoms with Crippen LogP contribution in [0.2, 0.25) is 0 Å². The molecule has 1 nitrogen and oxygen atoms in total. The zero-order valence-electron chi connectivity index (χ0n) is 9.52. The molecule has 16 heavy (non-hydrogen) atoms. The molecular formula is C13H17BrFN. The number of nitrogens with two attached hydrogens (primary N) is 1. The molecule has 1 aliphatic carbocycles. The first-order chi connectivity index (χ1) is 7.63. The van der Waals surface area contributed by atoms with Crippen molar-refractivity contribution in [2.75, 3.05) is 6.54 Å². The molecule has 2 N–H and O–H groups in total. The maximum atomic E-state index is 13.7. The van der Waals surface area contributed by atoms with Crippen LogP contribution in [0.3, 0.4) is 0 Å².